The summed E-state index contributed by atoms with van der Waals surface area (Å²) in [6.45, 7) is 6.44. The maximum atomic E-state index is 13.9. The van der Waals surface area contributed by atoms with Crippen LogP contribution in [0.4, 0.5) is 11.4 Å². The van der Waals surface area contributed by atoms with E-state index in [2.05, 4.69) is 5.32 Å². The van der Waals surface area contributed by atoms with Crippen LogP contribution in [0.2, 0.25) is 0 Å². The number of methoxy groups -OCH3 is 2. The molecule has 2 aromatic carbocycles. The van der Waals surface area contributed by atoms with Crippen molar-refractivity contribution in [3.63, 3.8) is 0 Å². The number of hydrogen-bond acceptors (Lipinski definition) is 8. The zero-order chi connectivity index (χ0) is 29.5. The smallest absolute Gasteiger partial charge is 0.271 e. The van der Waals surface area contributed by atoms with Crippen LogP contribution in [0.25, 0.3) is 0 Å². The number of amides is 2. The summed E-state index contributed by atoms with van der Waals surface area (Å²) in [5, 5.41) is 14.3. The van der Waals surface area contributed by atoms with Crippen molar-refractivity contribution in [1.29, 1.82) is 0 Å². The number of nitro benzene ring substituents is 1. The molecule has 0 saturated heterocycles. The summed E-state index contributed by atoms with van der Waals surface area (Å²) < 4.78 is 37.0. The second-order valence-corrected chi connectivity index (χ2v) is 11.8. The van der Waals surface area contributed by atoms with Crippen LogP contribution in [0.5, 0.6) is 11.5 Å². The molecule has 0 saturated carbocycles. The Morgan fingerprint density at radius 2 is 1.77 bits per heavy atom. The van der Waals surface area contributed by atoms with Crippen molar-refractivity contribution in [2.75, 3.05) is 31.3 Å². The Bertz CT molecular complexity index is 1310. The lowest BCUT2D eigenvalue weighted by molar-refractivity contribution is -0.384. The minimum absolute atomic E-state index is 0.0181. The van der Waals surface area contributed by atoms with E-state index in [4.69, 9.17) is 9.47 Å². The summed E-state index contributed by atoms with van der Waals surface area (Å²) in [5.74, 6) is -0.519. The van der Waals surface area contributed by atoms with E-state index in [0.29, 0.717) is 11.3 Å². The minimum Gasteiger partial charge on any atom is -0.497 e. The highest BCUT2D eigenvalue weighted by molar-refractivity contribution is 7.92. The van der Waals surface area contributed by atoms with Crippen LogP contribution in [0.15, 0.2) is 42.5 Å². The van der Waals surface area contributed by atoms with Crippen molar-refractivity contribution in [2.24, 2.45) is 0 Å². The van der Waals surface area contributed by atoms with Gasteiger partial charge in [0.05, 0.1) is 25.4 Å². The van der Waals surface area contributed by atoms with Crippen molar-refractivity contribution >= 4 is 33.2 Å². The van der Waals surface area contributed by atoms with Gasteiger partial charge in [0.2, 0.25) is 21.8 Å². The molecular weight excluding hydrogens is 528 g/mol. The van der Waals surface area contributed by atoms with Crippen molar-refractivity contribution < 1.29 is 32.4 Å². The number of nitrogens with one attached hydrogen (secondary N) is 1. The maximum absolute atomic E-state index is 13.9. The van der Waals surface area contributed by atoms with Crippen molar-refractivity contribution in [3.05, 3.63) is 58.1 Å². The normalized spacial score (nSPS) is 12.3. The van der Waals surface area contributed by atoms with Gasteiger partial charge < -0.3 is 19.7 Å². The van der Waals surface area contributed by atoms with Crippen LogP contribution >= 0.6 is 0 Å². The van der Waals surface area contributed by atoms with Crippen LogP contribution in [0, 0.1) is 10.1 Å². The molecule has 13 heteroatoms. The van der Waals surface area contributed by atoms with Crippen molar-refractivity contribution in [3.8, 4) is 11.5 Å². The summed E-state index contributed by atoms with van der Waals surface area (Å²) >= 11 is 0. The van der Waals surface area contributed by atoms with Gasteiger partial charge in [-0.1, -0.05) is 19.1 Å². The lowest BCUT2D eigenvalue weighted by Crippen LogP contribution is -2.55. The summed E-state index contributed by atoms with van der Waals surface area (Å²) in [6, 6.07) is 9.48. The van der Waals surface area contributed by atoms with E-state index >= 15 is 0 Å². The molecule has 0 radical (unpaired) electrons. The van der Waals surface area contributed by atoms with E-state index in [0.717, 1.165) is 16.6 Å². The van der Waals surface area contributed by atoms with Gasteiger partial charge in [-0.3, -0.25) is 24.0 Å². The number of anilines is 1. The zero-order valence-corrected chi connectivity index (χ0v) is 24.1. The molecule has 0 unspecified atom stereocenters. The van der Waals surface area contributed by atoms with Crippen LogP contribution in [0.3, 0.4) is 0 Å². The van der Waals surface area contributed by atoms with Gasteiger partial charge in [0, 0.05) is 24.2 Å². The predicted molar refractivity (Wildman–Crippen MR) is 147 cm³/mol. The van der Waals surface area contributed by atoms with Gasteiger partial charge in [0.25, 0.3) is 5.69 Å². The number of ether oxygens (including phenoxy) is 2. The lowest BCUT2D eigenvalue weighted by Gasteiger charge is -2.34. The van der Waals surface area contributed by atoms with Gasteiger partial charge in [-0.25, -0.2) is 8.42 Å². The van der Waals surface area contributed by atoms with E-state index in [9.17, 15) is 28.1 Å². The average Bonchev–Trinajstić information content (AvgIpc) is 2.84. The predicted octanol–water partition coefficient (Wildman–Crippen LogP) is 3.10. The Balaban J connectivity index is 2.60. The fraction of sp³-hybridized carbons (Fsp3) is 0.462. The number of sulfonamides is 1. The van der Waals surface area contributed by atoms with Crippen LogP contribution in [0.1, 0.15) is 39.7 Å². The molecule has 0 aliphatic carbocycles. The topological polar surface area (TPSA) is 148 Å². The Morgan fingerprint density at radius 3 is 2.28 bits per heavy atom. The third-order valence-electron chi connectivity index (χ3n) is 5.69. The number of hydrogen-bond donors (Lipinski definition) is 1. The molecule has 0 aliphatic heterocycles. The number of benzene rings is 2. The molecule has 2 aromatic rings. The molecule has 0 spiro atoms. The molecule has 0 aromatic heterocycles. The van der Waals surface area contributed by atoms with Crippen LogP contribution in [-0.4, -0.2) is 68.7 Å². The first-order chi connectivity index (χ1) is 18.1. The summed E-state index contributed by atoms with van der Waals surface area (Å²) in [7, 11) is -1.34. The molecule has 39 heavy (non-hydrogen) atoms. The zero-order valence-electron chi connectivity index (χ0n) is 23.3. The molecule has 12 nitrogen and oxygen atoms in total. The molecule has 2 rings (SSSR count). The van der Waals surface area contributed by atoms with E-state index in [1.54, 1.807) is 31.2 Å². The van der Waals surface area contributed by atoms with E-state index in [1.165, 1.54) is 31.3 Å². The van der Waals surface area contributed by atoms with Crippen molar-refractivity contribution in [2.45, 2.75) is 52.2 Å². The summed E-state index contributed by atoms with van der Waals surface area (Å²) in [6.07, 6.45) is 1.13. The van der Waals surface area contributed by atoms with Gasteiger partial charge in [0.1, 0.15) is 29.8 Å². The molecule has 0 aliphatic rings. The van der Waals surface area contributed by atoms with Gasteiger partial charge in [-0.05, 0) is 51.0 Å². The third kappa shape index (κ3) is 8.57. The summed E-state index contributed by atoms with van der Waals surface area (Å²) in [4.78, 5) is 39.1. The Hall–Kier alpha value is -3.87. The molecule has 0 fully saturated rings. The molecule has 0 bridgehead atoms. The van der Waals surface area contributed by atoms with E-state index in [-0.39, 0.29) is 30.1 Å². The minimum atomic E-state index is -4.12. The molecule has 1 atom stereocenters. The average molecular weight is 565 g/mol. The number of rotatable bonds is 12. The first kappa shape index (κ1) is 31.3. The number of carbonyl (C=O) groups excluding carboxylic acids is 2. The fourth-order valence-corrected chi connectivity index (χ4v) is 4.77. The molecule has 214 valence electrons. The molecule has 1 N–H and O–H groups in total. The monoisotopic (exact) mass is 564 g/mol. The highest BCUT2D eigenvalue weighted by Crippen LogP contribution is 2.34. The number of non-ortho nitro benzene ring substituents is 1. The molecule has 2 amide bonds. The Kier molecular flexibility index (Phi) is 10.3. The van der Waals surface area contributed by atoms with Crippen LogP contribution in [-0.2, 0) is 26.2 Å². The third-order valence-corrected chi connectivity index (χ3v) is 6.82. The summed E-state index contributed by atoms with van der Waals surface area (Å²) in [5.41, 5.74) is -0.472. The van der Waals surface area contributed by atoms with E-state index < -0.39 is 44.9 Å². The second kappa shape index (κ2) is 12.8. The lowest BCUT2D eigenvalue weighted by atomic mass is 10.1. The first-order valence-electron chi connectivity index (χ1n) is 12.2. The van der Waals surface area contributed by atoms with Crippen LogP contribution < -0.4 is 19.1 Å². The van der Waals surface area contributed by atoms with Gasteiger partial charge in [-0.2, -0.15) is 0 Å². The van der Waals surface area contributed by atoms with Gasteiger partial charge >= 0.3 is 0 Å². The SMILES string of the molecule is CC[C@@H](C(=O)NC(C)(C)C)N(Cc1cccc(OC)c1)C(=O)CN(c1cc([N+](=O)[O-])ccc1OC)S(C)(=O)=O. The van der Waals surface area contributed by atoms with Gasteiger partial charge in [-0.15, -0.1) is 0 Å². The van der Waals surface area contributed by atoms with Gasteiger partial charge in [0.15, 0.2) is 0 Å². The molecule has 0 heterocycles. The first-order valence-corrected chi connectivity index (χ1v) is 14.0. The number of carbonyl (C=O) groups is 2. The van der Waals surface area contributed by atoms with E-state index in [1.807, 2.05) is 20.8 Å². The Labute approximate surface area is 229 Å². The Morgan fingerprint density at radius 1 is 1.10 bits per heavy atom. The fourth-order valence-electron chi connectivity index (χ4n) is 3.92. The standard InChI is InChI=1S/C26H36N4O8S/c1-8-21(25(32)27-26(2,3)4)28(16-18-10-9-11-20(14-18)37-5)24(31)17-29(39(7,35)36)22-15-19(30(33)34)12-13-23(22)38-6/h9-15,21H,8,16-17H2,1-7H3,(H,27,32)/t21-/m0/s1. The molecular formula is C26H36N4O8S. The largest absolute Gasteiger partial charge is 0.497 e. The van der Waals surface area contributed by atoms with Crippen molar-refractivity contribution in [1.82, 2.24) is 10.2 Å². The number of nitrogens with zero attached hydrogens (tertiary/aromatic N) is 3. The quantitative estimate of drug-likeness (QED) is 0.305. The highest BCUT2D eigenvalue weighted by atomic mass is 32.2. The highest BCUT2D eigenvalue weighted by Gasteiger charge is 2.34. The maximum Gasteiger partial charge on any atom is 0.271 e. The second-order valence-electron chi connectivity index (χ2n) is 9.92. The number of nitro groups is 1.